The molecule has 18 heavy (non-hydrogen) atoms. The summed E-state index contributed by atoms with van der Waals surface area (Å²) in [5.74, 6) is -0.235. The number of benzene rings is 1. The molecule has 1 N–H and O–H groups in total. The minimum Gasteiger partial charge on any atom is -0.376 e. The van der Waals surface area contributed by atoms with E-state index in [0.29, 0.717) is 5.15 Å². The summed E-state index contributed by atoms with van der Waals surface area (Å²) >= 11 is 6.05. The molecule has 2 nitrogen and oxygen atoms in total. The number of pyridine rings is 1. The molecule has 2 rings (SSSR count). The molecule has 0 aliphatic rings. The highest BCUT2D eigenvalue weighted by Gasteiger charge is 2.10. The molecule has 4 heteroatoms. The quantitative estimate of drug-likeness (QED) is 0.834. The van der Waals surface area contributed by atoms with Crippen LogP contribution in [-0.4, -0.2) is 4.98 Å². The van der Waals surface area contributed by atoms with Crippen LogP contribution in [0.4, 0.5) is 10.1 Å². The number of aromatic nitrogens is 1. The second kappa shape index (κ2) is 5.36. The molecule has 0 bridgehead atoms. The summed E-state index contributed by atoms with van der Waals surface area (Å²) in [4.78, 5) is 4.04. The van der Waals surface area contributed by atoms with Crippen molar-refractivity contribution < 1.29 is 4.39 Å². The third-order valence-electron chi connectivity index (χ3n) is 2.84. The van der Waals surface area contributed by atoms with Crippen molar-refractivity contribution in [1.82, 2.24) is 4.98 Å². The van der Waals surface area contributed by atoms with Crippen molar-refractivity contribution >= 4 is 17.3 Å². The van der Waals surface area contributed by atoms with Crippen LogP contribution in [0.1, 0.15) is 24.1 Å². The van der Waals surface area contributed by atoms with Crippen molar-refractivity contribution in [1.29, 1.82) is 0 Å². The van der Waals surface area contributed by atoms with Gasteiger partial charge in [0.05, 0.1) is 5.69 Å². The first-order chi connectivity index (χ1) is 8.58. The maximum Gasteiger partial charge on any atom is 0.152 e. The molecular formula is C14H14ClFN2. The van der Waals surface area contributed by atoms with Gasteiger partial charge in [-0.05, 0) is 43.2 Å². The van der Waals surface area contributed by atoms with Crippen molar-refractivity contribution in [3.8, 4) is 0 Å². The number of aryl methyl sites for hydroxylation is 1. The Morgan fingerprint density at radius 1 is 1.22 bits per heavy atom. The largest absolute Gasteiger partial charge is 0.376 e. The number of anilines is 1. The normalized spacial score (nSPS) is 12.2. The van der Waals surface area contributed by atoms with Crippen molar-refractivity contribution in [2.45, 2.75) is 19.9 Å². The zero-order valence-electron chi connectivity index (χ0n) is 10.2. The monoisotopic (exact) mass is 264 g/mol. The molecule has 1 unspecified atom stereocenters. The van der Waals surface area contributed by atoms with Crippen molar-refractivity contribution in [2.75, 3.05) is 5.32 Å². The number of hydrogen-bond acceptors (Lipinski definition) is 2. The van der Waals surface area contributed by atoms with Gasteiger partial charge in [-0.1, -0.05) is 23.7 Å². The Morgan fingerprint density at radius 3 is 2.50 bits per heavy atom. The maximum absolute atomic E-state index is 12.9. The van der Waals surface area contributed by atoms with E-state index in [0.717, 1.165) is 16.8 Å². The summed E-state index contributed by atoms with van der Waals surface area (Å²) in [6.45, 7) is 3.96. The first-order valence-electron chi connectivity index (χ1n) is 5.71. The van der Waals surface area contributed by atoms with Crippen LogP contribution in [0.15, 0.2) is 36.5 Å². The Morgan fingerprint density at radius 2 is 1.89 bits per heavy atom. The molecule has 0 radical (unpaired) electrons. The summed E-state index contributed by atoms with van der Waals surface area (Å²) in [6.07, 6.45) is 1.67. The van der Waals surface area contributed by atoms with E-state index in [9.17, 15) is 4.39 Å². The lowest BCUT2D eigenvalue weighted by molar-refractivity contribution is 0.626. The van der Waals surface area contributed by atoms with E-state index in [4.69, 9.17) is 11.6 Å². The molecule has 0 saturated carbocycles. The molecule has 2 aromatic rings. The van der Waals surface area contributed by atoms with Crippen molar-refractivity contribution in [3.63, 3.8) is 0 Å². The van der Waals surface area contributed by atoms with Crippen molar-refractivity contribution in [2.24, 2.45) is 0 Å². The lowest BCUT2D eigenvalue weighted by atomic mass is 10.1. The van der Waals surface area contributed by atoms with Crippen LogP contribution in [0.2, 0.25) is 5.15 Å². The fourth-order valence-corrected chi connectivity index (χ4v) is 2.01. The van der Waals surface area contributed by atoms with E-state index in [1.165, 1.54) is 12.1 Å². The second-order valence-electron chi connectivity index (χ2n) is 4.21. The minimum absolute atomic E-state index is 0.0333. The fraction of sp³-hybridized carbons (Fsp3) is 0.214. The Kier molecular flexibility index (Phi) is 3.82. The Labute approximate surface area is 111 Å². The zero-order valence-corrected chi connectivity index (χ0v) is 11.0. The second-order valence-corrected chi connectivity index (χ2v) is 4.57. The Bertz CT molecular complexity index is 520. The summed E-state index contributed by atoms with van der Waals surface area (Å²) in [7, 11) is 0. The standard InChI is InChI=1S/C14H14ClFN2/c1-9-7-8-17-14(15)13(9)18-10(2)11-3-5-12(16)6-4-11/h3-8,10,18H,1-2H3. The molecule has 1 heterocycles. The first kappa shape index (κ1) is 12.8. The van der Waals surface area contributed by atoms with Crippen LogP contribution < -0.4 is 5.32 Å². The number of halogens is 2. The van der Waals surface area contributed by atoms with Crippen LogP contribution in [-0.2, 0) is 0 Å². The van der Waals surface area contributed by atoms with E-state index < -0.39 is 0 Å². The van der Waals surface area contributed by atoms with Gasteiger partial charge in [-0.15, -0.1) is 0 Å². The molecule has 94 valence electrons. The van der Waals surface area contributed by atoms with Gasteiger partial charge in [0.25, 0.3) is 0 Å². The molecule has 1 aromatic heterocycles. The van der Waals surface area contributed by atoms with Gasteiger partial charge in [-0.25, -0.2) is 9.37 Å². The smallest absolute Gasteiger partial charge is 0.152 e. The van der Waals surface area contributed by atoms with Gasteiger partial charge in [0.15, 0.2) is 5.15 Å². The summed E-state index contributed by atoms with van der Waals surface area (Å²) in [5.41, 5.74) is 2.84. The molecule has 1 aromatic carbocycles. The van der Waals surface area contributed by atoms with E-state index in [-0.39, 0.29) is 11.9 Å². The van der Waals surface area contributed by atoms with E-state index in [1.807, 2.05) is 19.9 Å². The number of rotatable bonds is 3. The van der Waals surface area contributed by atoms with E-state index in [1.54, 1.807) is 18.3 Å². The lowest BCUT2D eigenvalue weighted by Crippen LogP contribution is -2.08. The summed E-state index contributed by atoms with van der Waals surface area (Å²) < 4.78 is 12.9. The minimum atomic E-state index is -0.235. The number of hydrogen-bond donors (Lipinski definition) is 1. The van der Waals surface area contributed by atoms with Gasteiger partial charge in [0.2, 0.25) is 0 Å². The Balaban J connectivity index is 2.21. The zero-order chi connectivity index (χ0) is 13.1. The van der Waals surface area contributed by atoms with Gasteiger partial charge in [-0.2, -0.15) is 0 Å². The SMILES string of the molecule is Cc1ccnc(Cl)c1NC(C)c1ccc(F)cc1. The molecule has 1 atom stereocenters. The van der Waals surface area contributed by atoms with Crippen LogP contribution >= 0.6 is 11.6 Å². The number of nitrogens with zero attached hydrogens (tertiary/aromatic N) is 1. The maximum atomic E-state index is 12.9. The summed E-state index contributed by atoms with van der Waals surface area (Å²) in [6, 6.07) is 8.34. The van der Waals surface area contributed by atoms with Crippen LogP contribution in [0.3, 0.4) is 0 Å². The number of nitrogens with one attached hydrogen (secondary N) is 1. The topological polar surface area (TPSA) is 24.9 Å². The summed E-state index contributed by atoms with van der Waals surface area (Å²) in [5, 5.41) is 3.75. The molecule has 0 saturated heterocycles. The molecule has 0 aliphatic heterocycles. The molecule has 0 fully saturated rings. The van der Waals surface area contributed by atoms with Gasteiger partial charge in [-0.3, -0.25) is 0 Å². The molecule has 0 spiro atoms. The van der Waals surface area contributed by atoms with E-state index >= 15 is 0 Å². The van der Waals surface area contributed by atoms with Gasteiger partial charge >= 0.3 is 0 Å². The molecule has 0 amide bonds. The van der Waals surface area contributed by atoms with Gasteiger partial charge in [0, 0.05) is 12.2 Å². The fourth-order valence-electron chi connectivity index (χ4n) is 1.75. The average Bonchev–Trinajstić information content (AvgIpc) is 2.34. The highest BCUT2D eigenvalue weighted by molar-refractivity contribution is 6.32. The molecule has 0 aliphatic carbocycles. The van der Waals surface area contributed by atoms with Gasteiger partial charge in [0.1, 0.15) is 5.82 Å². The molecular weight excluding hydrogens is 251 g/mol. The van der Waals surface area contributed by atoms with E-state index in [2.05, 4.69) is 10.3 Å². The van der Waals surface area contributed by atoms with Crippen molar-refractivity contribution in [3.05, 3.63) is 58.6 Å². The lowest BCUT2D eigenvalue weighted by Gasteiger charge is -2.18. The highest BCUT2D eigenvalue weighted by Crippen LogP contribution is 2.27. The van der Waals surface area contributed by atoms with Gasteiger partial charge < -0.3 is 5.32 Å². The van der Waals surface area contributed by atoms with Crippen LogP contribution in [0.5, 0.6) is 0 Å². The average molecular weight is 265 g/mol. The Hall–Kier alpha value is -1.61. The third kappa shape index (κ3) is 2.79. The predicted molar refractivity (Wildman–Crippen MR) is 72.4 cm³/mol. The third-order valence-corrected chi connectivity index (χ3v) is 3.13. The highest BCUT2D eigenvalue weighted by atomic mass is 35.5. The van der Waals surface area contributed by atoms with Crippen LogP contribution in [0.25, 0.3) is 0 Å². The first-order valence-corrected chi connectivity index (χ1v) is 6.09. The van der Waals surface area contributed by atoms with Crippen LogP contribution in [0, 0.1) is 12.7 Å². The predicted octanol–water partition coefficient (Wildman–Crippen LogP) is 4.36.